The zero-order valence-electron chi connectivity index (χ0n) is 9.59. The SMILES string of the molecule is COC(=O)c1nn(C)c(C(C)(C)C)c1Cl. The van der Waals surface area contributed by atoms with E-state index in [0.717, 1.165) is 5.69 Å². The second kappa shape index (κ2) is 3.85. The molecule has 0 N–H and O–H groups in total. The van der Waals surface area contributed by atoms with Crippen LogP contribution in [0.2, 0.25) is 5.02 Å². The van der Waals surface area contributed by atoms with Gasteiger partial charge in [0.05, 0.1) is 17.8 Å². The molecule has 1 heterocycles. The number of carbonyl (C=O) groups excluding carboxylic acids is 1. The summed E-state index contributed by atoms with van der Waals surface area (Å²) in [4.78, 5) is 11.3. The van der Waals surface area contributed by atoms with Crippen molar-refractivity contribution in [1.82, 2.24) is 9.78 Å². The van der Waals surface area contributed by atoms with Crippen LogP contribution in [0, 0.1) is 0 Å². The molecule has 0 aromatic carbocycles. The Morgan fingerprint density at radius 2 is 2.00 bits per heavy atom. The Morgan fingerprint density at radius 1 is 1.47 bits per heavy atom. The monoisotopic (exact) mass is 230 g/mol. The number of hydrogen-bond donors (Lipinski definition) is 0. The molecule has 1 aromatic rings. The highest BCUT2D eigenvalue weighted by Crippen LogP contribution is 2.31. The van der Waals surface area contributed by atoms with Crippen molar-refractivity contribution in [3.8, 4) is 0 Å². The molecule has 4 nitrogen and oxygen atoms in total. The van der Waals surface area contributed by atoms with Crippen LogP contribution in [0.4, 0.5) is 0 Å². The molecule has 0 bridgehead atoms. The third kappa shape index (κ3) is 2.15. The van der Waals surface area contributed by atoms with E-state index in [1.807, 2.05) is 20.8 Å². The number of esters is 1. The molecule has 1 rings (SSSR count). The predicted molar refractivity (Wildman–Crippen MR) is 58.3 cm³/mol. The standard InChI is InChI=1S/C10H15ClN2O2/c1-10(2,3)8-6(11)7(9(14)15-5)12-13(8)4/h1-5H3. The van der Waals surface area contributed by atoms with Crippen molar-refractivity contribution < 1.29 is 9.53 Å². The minimum absolute atomic E-state index is 0.162. The van der Waals surface area contributed by atoms with Crippen molar-refractivity contribution in [3.63, 3.8) is 0 Å². The average molecular weight is 231 g/mol. The first-order valence-corrected chi connectivity index (χ1v) is 4.98. The number of hydrogen-bond acceptors (Lipinski definition) is 3. The van der Waals surface area contributed by atoms with Crippen molar-refractivity contribution >= 4 is 17.6 Å². The summed E-state index contributed by atoms with van der Waals surface area (Å²) >= 11 is 6.10. The molecular formula is C10H15ClN2O2. The lowest BCUT2D eigenvalue weighted by atomic mass is 9.92. The highest BCUT2D eigenvalue weighted by molar-refractivity contribution is 6.34. The number of ether oxygens (including phenoxy) is 1. The molecule has 0 unspecified atom stereocenters. The lowest BCUT2D eigenvalue weighted by Gasteiger charge is -2.18. The van der Waals surface area contributed by atoms with Gasteiger partial charge in [0.25, 0.3) is 0 Å². The first-order valence-electron chi connectivity index (χ1n) is 4.60. The Morgan fingerprint density at radius 3 is 2.33 bits per heavy atom. The fourth-order valence-electron chi connectivity index (χ4n) is 1.54. The smallest absolute Gasteiger partial charge is 0.360 e. The molecule has 0 radical (unpaired) electrons. The molecule has 0 fully saturated rings. The number of carbonyl (C=O) groups is 1. The maximum atomic E-state index is 11.3. The zero-order valence-corrected chi connectivity index (χ0v) is 10.3. The number of aryl methyl sites for hydroxylation is 1. The number of halogens is 1. The molecule has 84 valence electrons. The molecule has 0 amide bonds. The van der Waals surface area contributed by atoms with Crippen LogP contribution >= 0.6 is 11.6 Å². The second-order valence-electron chi connectivity index (χ2n) is 4.38. The Bertz CT molecular complexity index is 391. The van der Waals surface area contributed by atoms with Crippen LogP contribution in [-0.2, 0) is 17.2 Å². The fourth-order valence-corrected chi connectivity index (χ4v) is 2.06. The van der Waals surface area contributed by atoms with Crippen LogP contribution in [0.5, 0.6) is 0 Å². The van der Waals surface area contributed by atoms with E-state index in [9.17, 15) is 4.79 Å². The predicted octanol–water partition coefficient (Wildman–Crippen LogP) is 2.16. The van der Waals surface area contributed by atoms with Crippen molar-refractivity contribution in [3.05, 3.63) is 16.4 Å². The first-order chi connectivity index (χ1) is 6.79. The van der Waals surface area contributed by atoms with Crippen LogP contribution < -0.4 is 0 Å². The van der Waals surface area contributed by atoms with Gasteiger partial charge in [0.2, 0.25) is 0 Å². The van der Waals surface area contributed by atoms with Crippen LogP contribution in [0.1, 0.15) is 37.0 Å². The van der Waals surface area contributed by atoms with Crippen molar-refractivity contribution in [1.29, 1.82) is 0 Å². The van der Waals surface area contributed by atoms with E-state index in [4.69, 9.17) is 11.6 Å². The number of methoxy groups -OCH3 is 1. The summed E-state index contributed by atoms with van der Waals surface area (Å²) in [6.07, 6.45) is 0. The molecule has 0 aliphatic heterocycles. The summed E-state index contributed by atoms with van der Waals surface area (Å²) < 4.78 is 6.22. The van der Waals surface area contributed by atoms with E-state index >= 15 is 0 Å². The maximum Gasteiger partial charge on any atom is 0.360 e. The summed E-state index contributed by atoms with van der Waals surface area (Å²) in [7, 11) is 3.07. The summed E-state index contributed by atoms with van der Waals surface area (Å²) in [6.45, 7) is 6.03. The molecule has 0 saturated heterocycles. The second-order valence-corrected chi connectivity index (χ2v) is 4.75. The molecule has 0 aliphatic carbocycles. The van der Waals surface area contributed by atoms with Crippen molar-refractivity contribution in [2.45, 2.75) is 26.2 Å². The summed E-state index contributed by atoms with van der Waals surface area (Å²) in [5.41, 5.74) is 0.835. The average Bonchev–Trinajstić information content (AvgIpc) is 2.39. The van der Waals surface area contributed by atoms with Crippen LogP contribution in [0.25, 0.3) is 0 Å². The zero-order chi connectivity index (χ0) is 11.8. The number of nitrogens with zero attached hydrogens (tertiary/aromatic N) is 2. The van der Waals surface area contributed by atoms with Gasteiger partial charge in [-0.1, -0.05) is 32.4 Å². The minimum Gasteiger partial charge on any atom is -0.464 e. The van der Waals surface area contributed by atoms with E-state index in [0.29, 0.717) is 5.02 Å². The van der Waals surface area contributed by atoms with Gasteiger partial charge in [-0.2, -0.15) is 5.10 Å². The van der Waals surface area contributed by atoms with Gasteiger partial charge in [-0.3, -0.25) is 4.68 Å². The third-order valence-corrected chi connectivity index (χ3v) is 2.44. The Labute approximate surface area is 94.2 Å². The third-order valence-electron chi connectivity index (χ3n) is 2.08. The summed E-state index contributed by atoms with van der Waals surface area (Å²) in [6, 6.07) is 0. The molecule has 1 aromatic heterocycles. The van der Waals surface area contributed by atoms with E-state index in [1.165, 1.54) is 7.11 Å². The van der Waals surface area contributed by atoms with Gasteiger partial charge in [0.1, 0.15) is 0 Å². The van der Waals surface area contributed by atoms with Crippen molar-refractivity contribution in [2.24, 2.45) is 7.05 Å². The van der Waals surface area contributed by atoms with Gasteiger partial charge in [0, 0.05) is 12.5 Å². The minimum atomic E-state index is -0.508. The Hall–Kier alpha value is -1.03. The molecular weight excluding hydrogens is 216 g/mol. The normalized spacial score (nSPS) is 11.6. The van der Waals surface area contributed by atoms with Crippen molar-refractivity contribution in [2.75, 3.05) is 7.11 Å². The lowest BCUT2D eigenvalue weighted by Crippen LogP contribution is -2.16. The van der Waals surface area contributed by atoms with Gasteiger partial charge in [-0.05, 0) is 0 Å². The Kier molecular flexibility index (Phi) is 3.09. The van der Waals surface area contributed by atoms with Crippen LogP contribution in [0.15, 0.2) is 0 Å². The van der Waals surface area contributed by atoms with Gasteiger partial charge >= 0.3 is 5.97 Å². The van der Waals surface area contributed by atoms with Crippen LogP contribution in [-0.4, -0.2) is 22.9 Å². The lowest BCUT2D eigenvalue weighted by molar-refractivity contribution is 0.0593. The van der Waals surface area contributed by atoms with E-state index in [2.05, 4.69) is 9.84 Å². The van der Waals surface area contributed by atoms with Gasteiger partial charge < -0.3 is 4.74 Å². The molecule has 0 saturated carbocycles. The first kappa shape index (κ1) is 12.0. The maximum absolute atomic E-state index is 11.3. The highest BCUT2D eigenvalue weighted by Gasteiger charge is 2.28. The summed E-state index contributed by atoms with van der Waals surface area (Å²) in [5.74, 6) is -0.508. The molecule has 5 heteroatoms. The Balaban J connectivity index is 3.33. The van der Waals surface area contributed by atoms with Gasteiger partial charge in [0.15, 0.2) is 5.69 Å². The van der Waals surface area contributed by atoms with Crippen LogP contribution in [0.3, 0.4) is 0 Å². The molecule has 0 spiro atoms. The van der Waals surface area contributed by atoms with Gasteiger partial charge in [-0.25, -0.2) is 4.79 Å². The highest BCUT2D eigenvalue weighted by atomic mass is 35.5. The molecule has 15 heavy (non-hydrogen) atoms. The summed E-state index contributed by atoms with van der Waals surface area (Å²) in [5, 5.41) is 4.43. The van der Waals surface area contributed by atoms with E-state index in [-0.39, 0.29) is 11.1 Å². The molecule has 0 atom stereocenters. The number of rotatable bonds is 1. The molecule has 0 aliphatic rings. The van der Waals surface area contributed by atoms with E-state index < -0.39 is 5.97 Å². The topological polar surface area (TPSA) is 44.1 Å². The largest absolute Gasteiger partial charge is 0.464 e. The fraction of sp³-hybridized carbons (Fsp3) is 0.600. The number of aromatic nitrogens is 2. The van der Waals surface area contributed by atoms with E-state index in [1.54, 1.807) is 11.7 Å². The van der Waals surface area contributed by atoms with Gasteiger partial charge in [-0.15, -0.1) is 0 Å². The quantitative estimate of drug-likeness (QED) is 0.695.